The summed E-state index contributed by atoms with van der Waals surface area (Å²) in [6.45, 7) is 3.63. The van der Waals surface area contributed by atoms with E-state index in [1.807, 2.05) is 52.1 Å². The van der Waals surface area contributed by atoms with E-state index in [4.69, 9.17) is 5.11 Å². The van der Waals surface area contributed by atoms with Crippen LogP contribution in [-0.2, 0) is 9.59 Å². The summed E-state index contributed by atoms with van der Waals surface area (Å²) in [7, 11) is 0. The van der Waals surface area contributed by atoms with Crippen LogP contribution in [0.5, 0.6) is 0 Å². The average Bonchev–Trinajstić information content (AvgIpc) is 1.95. The third-order valence-corrected chi connectivity index (χ3v) is 3.47. The Labute approximate surface area is 130 Å². The molecule has 2 unspecified atom stereocenters. The maximum absolute atomic E-state index is 11.4. The zero-order chi connectivity index (χ0) is 12.2. The van der Waals surface area contributed by atoms with Gasteiger partial charge in [0.15, 0.2) is 0 Å². The Morgan fingerprint density at radius 2 is 1.93 bits per heavy atom. The van der Waals surface area contributed by atoms with Crippen LogP contribution in [0.4, 0.5) is 0 Å². The van der Waals surface area contributed by atoms with Gasteiger partial charge in [-0.2, -0.15) is 0 Å². The standard InChI is InChI=1S/C8H12I3NO3/c1-4(9)12-6(13)3-5(7(14)15)8(2,10)11/h4-5H,3H2,1-2H3,(H,12,13)(H,14,15). The summed E-state index contributed by atoms with van der Waals surface area (Å²) in [5, 5.41) is 11.7. The van der Waals surface area contributed by atoms with E-state index in [-0.39, 0.29) is 16.4 Å². The van der Waals surface area contributed by atoms with Crippen molar-refractivity contribution in [3.8, 4) is 0 Å². The molecule has 0 heterocycles. The third-order valence-electron chi connectivity index (χ3n) is 1.66. The Hall–Kier alpha value is 1.13. The van der Waals surface area contributed by atoms with E-state index in [9.17, 15) is 9.59 Å². The number of carboxylic acids is 1. The molecule has 0 fully saturated rings. The van der Waals surface area contributed by atoms with E-state index in [1.54, 1.807) is 6.92 Å². The highest BCUT2D eigenvalue weighted by atomic mass is 127. The van der Waals surface area contributed by atoms with Crippen LogP contribution in [-0.4, -0.2) is 22.5 Å². The lowest BCUT2D eigenvalue weighted by Crippen LogP contribution is -2.36. The van der Waals surface area contributed by atoms with Crippen LogP contribution in [0.25, 0.3) is 0 Å². The number of hydrogen-bond donors (Lipinski definition) is 2. The SMILES string of the molecule is CC(I)NC(=O)CC(C(=O)O)C(C)(I)I. The van der Waals surface area contributed by atoms with Crippen LogP contribution in [0, 0.1) is 5.92 Å². The van der Waals surface area contributed by atoms with Gasteiger partial charge in [-0.3, -0.25) is 9.59 Å². The number of carbonyl (C=O) groups excluding carboxylic acids is 1. The summed E-state index contributed by atoms with van der Waals surface area (Å²) in [4.78, 5) is 22.4. The van der Waals surface area contributed by atoms with Gasteiger partial charge in [0.25, 0.3) is 0 Å². The highest BCUT2D eigenvalue weighted by molar-refractivity contribution is 14.2. The molecule has 0 aliphatic heterocycles. The minimum Gasteiger partial charge on any atom is -0.481 e. The molecular formula is C8H12I3NO3. The first kappa shape index (κ1) is 16.1. The minimum atomic E-state index is -0.933. The molecule has 0 bridgehead atoms. The zero-order valence-electron chi connectivity index (χ0n) is 8.26. The van der Waals surface area contributed by atoms with Crippen molar-refractivity contribution in [1.82, 2.24) is 5.32 Å². The Morgan fingerprint density at radius 1 is 1.47 bits per heavy atom. The van der Waals surface area contributed by atoms with E-state index in [2.05, 4.69) is 27.9 Å². The van der Waals surface area contributed by atoms with Gasteiger partial charge >= 0.3 is 5.97 Å². The largest absolute Gasteiger partial charge is 0.481 e. The highest BCUT2D eigenvalue weighted by Crippen LogP contribution is 2.37. The van der Waals surface area contributed by atoms with E-state index in [0.29, 0.717) is 0 Å². The number of halogens is 3. The molecule has 0 saturated carbocycles. The molecule has 0 aromatic rings. The predicted molar refractivity (Wildman–Crippen MR) is 83.8 cm³/mol. The first-order valence-electron chi connectivity index (χ1n) is 4.18. The Morgan fingerprint density at radius 3 is 2.20 bits per heavy atom. The first-order valence-corrected chi connectivity index (χ1v) is 7.59. The number of alkyl halides is 3. The topological polar surface area (TPSA) is 66.4 Å². The number of nitrogens with one attached hydrogen (secondary N) is 1. The lowest BCUT2D eigenvalue weighted by molar-refractivity contribution is -0.143. The molecule has 0 radical (unpaired) electrons. The summed E-state index contributed by atoms with van der Waals surface area (Å²) < 4.78 is -0.452. The van der Waals surface area contributed by atoms with Crippen molar-refractivity contribution in [3.05, 3.63) is 0 Å². The van der Waals surface area contributed by atoms with Crippen LogP contribution in [0.15, 0.2) is 0 Å². The fourth-order valence-corrected chi connectivity index (χ4v) is 2.27. The average molecular weight is 551 g/mol. The van der Waals surface area contributed by atoms with Gasteiger partial charge in [-0.1, -0.05) is 67.8 Å². The van der Waals surface area contributed by atoms with Crippen LogP contribution in [0.2, 0.25) is 0 Å². The van der Waals surface area contributed by atoms with Crippen molar-refractivity contribution >= 4 is 79.6 Å². The van der Waals surface area contributed by atoms with E-state index in [0.717, 1.165) is 0 Å². The van der Waals surface area contributed by atoms with E-state index in [1.165, 1.54) is 0 Å². The lowest BCUT2D eigenvalue weighted by Gasteiger charge is -2.23. The predicted octanol–water partition coefficient (Wildman–Crippen LogP) is 2.56. The molecule has 2 N–H and O–H groups in total. The quantitative estimate of drug-likeness (QED) is 0.314. The van der Waals surface area contributed by atoms with Crippen molar-refractivity contribution in [2.75, 3.05) is 0 Å². The van der Waals surface area contributed by atoms with Gasteiger partial charge in [-0.15, -0.1) is 0 Å². The Bertz CT molecular complexity index is 250. The summed E-state index contributed by atoms with van der Waals surface area (Å²) in [6.07, 6.45) is 0.0189. The Kier molecular flexibility index (Phi) is 7.28. The molecule has 4 nitrogen and oxygen atoms in total. The van der Waals surface area contributed by atoms with E-state index < -0.39 is 13.3 Å². The molecule has 88 valence electrons. The molecule has 0 spiro atoms. The van der Waals surface area contributed by atoms with Crippen LogP contribution < -0.4 is 5.32 Å². The molecule has 15 heavy (non-hydrogen) atoms. The summed E-state index contributed by atoms with van der Waals surface area (Å²) in [5.41, 5.74) is 0. The number of amides is 1. The zero-order valence-corrected chi connectivity index (χ0v) is 14.7. The van der Waals surface area contributed by atoms with Crippen molar-refractivity contribution in [1.29, 1.82) is 0 Å². The van der Waals surface area contributed by atoms with Crippen molar-refractivity contribution < 1.29 is 14.7 Å². The van der Waals surface area contributed by atoms with Gasteiger partial charge in [-0.25, -0.2) is 0 Å². The second kappa shape index (κ2) is 6.77. The number of carboxylic acid groups (broad SMARTS) is 1. The lowest BCUT2D eigenvalue weighted by atomic mass is 10.0. The summed E-state index contributed by atoms with van der Waals surface area (Å²) in [6, 6.07) is 0. The molecule has 0 saturated heterocycles. The van der Waals surface area contributed by atoms with Crippen molar-refractivity contribution in [3.63, 3.8) is 0 Å². The minimum absolute atomic E-state index is 0.0132. The van der Waals surface area contributed by atoms with Gasteiger partial charge in [0.05, 0.1) is 11.4 Å². The van der Waals surface area contributed by atoms with Gasteiger partial charge < -0.3 is 10.4 Å². The summed E-state index contributed by atoms with van der Waals surface area (Å²) >= 11 is 6.15. The summed E-state index contributed by atoms with van der Waals surface area (Å²) in [5.74, 6) is -1.82. The molecule has 0 aliphatic carbocycles. The maximum atomic E-state index is 11.4. The van der Waals surface area contributed by atoms with Gasteiger partial charge in [0.1, 0.15) is 0 Å². The normalized spacial score (nSPS) is 15.5. The Balaban J connectivity index is 4.44. The molecule has 0 aliphatic rings. The smallest absolute Gasteiger partial charge is 0.309 e. The molecule has 0 aromatic heterocycles. The second-order valence-electron chi connectivity index (χ2n) is 3.23. The number of hydrogen-bond acceptors (Lipinski definition) is 2. The molecule has 0 rings (SSSR count). The second-order valence-corrected chi connectivity index (χ2v) is 11.6. The van der Waals surface area contributed by atoms with Crippen LogP contribution in [0.3, 0.4) is 0 Å². The van der Waals surface area contributed by atoms with Crippen molar-refractivity contribution in [2.24, 2.45) is 5.92 Å². The first-order chi connectivity index (χ1) is 6.64. The van der Waals surface area contributed by atoms with Gasteiger partial charge in [-0.05, 0) is 13.8 Å². The van der Waals surface area contributed by atoms with Gasteiger partial charge in [0.2, 0.25) is 5.91 Å². The van der Waals surface area contributed by atoms with Crippen LogP contribution >= 0.6 is 67.8 Å². The highest BCUT2D eigenvalue weighted by Gasteiger charge is 2.36. The fourth-order valence-electron chi connectivity index (χ4n) is 0.949. The fraction of sp³-hybridized carbons (Fsp3) is 0.750. The monoisotopic (exact) mass is 551 g/mol. The molecule has 0 aromatic carbocycles. The molecule has 7 heteroatoms. The molecule has 1 amide bonds. The van der Waals surface area contributed by atoms with Crippen LogP contribution in [0.1, 0.15) is 20.3 Å². The van der Waals surface area contributed by atoms with Gasteiger partial charge in [0, 0.05) is 6.42 Å². The third kappa shape index (κ3) is 7.13. The maximum Gasteiger partial charge on any atom is 0.309 e. The number of rotatable bonds is 5. The number of carbonyl (C=O) groups is 2. The van der Waals surface area contributed by atoms with Crippen molar-refractivity contribution in [2.45, 2.75) is 25.7 Å². The number of aliphatic carboxylic acids is 1. The molecule has 2 atom stereocenters. The molecular weight excluding hydrogens is 539 g/mol. The van der Waals surface area contributed by atoms with E-state index >= 15 is 0 Å².